The molecule has 0 spiro atoms. The zero-order chi connectivity index (χ0) is 21.0. The Morgan fingerprint density at radius 2 is 1.86 bits per heavy atom. The summed E-state index contributed by atoms with van der Waals surface area (Å²) >= 11 is 0. The highest BCUT2D eigenvalue weighted by atomic mass is 16.5. The first-order valence-corrected chi connectivity index (χ1v) is 10.4. The highest BCUT2D eigenvalue weighted by molar-refractivity contribution is 5.72. The molecule has 1 N–H and O–H groups in total. The summed E-state index contributed by atoms with van der Waals surface area (Å²) in [5.41, 5.74) is 1.94. The van der Waals surface area contributed by atoms with Crippen molar-refractivity contribution < 1.29 is 14.6 Å². The largest absolute Gasteiger partial charge is 0.507 e. The van der Waals surface area contributed by atoms with Gasteiger partial charge >= 0.3 is 5.97 Å². The van der Waals surface area contributed by atoms with E-state index in [4.69, 9.17) is 4.74 Å². The summed E-state index contributed by atoms with van der Waals surface area (Å²) in [6, 6.07) is 11.1. The molecule has 2 heterocycles. The van der Waals surface area contributed by atoms with Gasteiger partial charge in [-0.25, -0.2) is 0 Å². The van der Waals surface area contributed by atoms with Gasteiger partial charge in [0, 0.05) is 12.2 Å². The minimum atomic E-state index is -0.356. The summed E-state index contributed by atoms with van der Waals surface area (Å²) in [6.07, 6.45) is 1.35. The number of likely N-dealkylation sites (tertiary alicyclic amines) is 1. The molecule has 1 fully saturated rings. The van der Waals surface area contributed by atoms with Crippen molar-refractivity contribution >= 4 is 5.97 Å². The maximum absolute atomic E-state index is 13.3. The zero-order valence-corrected chi connectivity index (χ0v) is 17.4. The fraction of sp³-hybridized carbons (Fsp3) is 0.478. The van der Waals surface area contributed by atoms with Crippen molar-refractivity contribution in [3.05, 3.63) is 63.6 Å². The molecule has 0 saturated carbocycles. The monoisotopic (exact) mass is 398 g/mol. The van der Waals surface area contributed by atoms with Crippen LogP contribution in [-0.2, 0) is 16.1 Å². The molecule has 3 rings (SSSR count). The van der Waals surface area contributed by atoms with Gasteiger partial charge in [0.1, 0.15) is 5.75 Å². The molecule has 0 bridgehead atoms. The van der Waals surface area contributed by atoms with Crippen molar-refractivity contribution in [2.45, 2.75) is 46.2 Å². The number of hydrogen-bond donors (Lipinski definition) is 1. The van der Waals surface area contributed by atoms with Crippen molar-refractivity contribution in [1.82, 2.24) is 9.47 Å². The van der Waals surface area contributed by atoms with Crippen molar-refractivity contribution in [2.24, 2.45) is 5.92 Å². The van der Waals surface area contributed by atoms with Crippen LogP contribution in [-0.4, -0.2) is 40.2 Å². The molecule has 0 amide bonds. The average molecular weight is 399 g/mol. The Bertz CT molecular complexity index is 899. The smallest absolute Gasteiger partial charge is 0.309 e. The highest BCUT2D eigenvalue weighted by Gasteiger charge is 2.33. The maximum atomic E-state index is 13.3. The number of benzene rings is 1. The Morgan fingerprint density at radius 1 is 1.21 bits per heavy atom. The van der Waals surface area contributed by atoms with Crippen LogP contribution in [0.5, 0.6) is 5.75 Å². The van der Waals surface area contributed by atoms with Gasteiger partial charge in [-0.1, -0.05) is 30.3 Å². The Hall–Kier alpha value is -2.60. The summed E-state index contributed by atoms with van der Waals surface area (Å²) in [5.74, 6) is -0.227. The quantitative estimate of drug-likeness (QED) is 0.757. The third-order valence-corrected chi connectivity index (χ3v) is 5.74. The predicted molar refractivity (Wildman–Crippen MR) is 112 cm³/mol. The first-order valence-electron chi connectivity index (χ1n) is 10.4. The second-order valence-electron chi connectivity index (χ2n) is 7.51. The number of ether oxygens (including phenoxy) is 1. The number of esters is 1. The van der Waals surface area contributed by atoms with Crippen LogP contribution in [0.4, 0.5) is 0 Å². The van der Waals surface area contributed by atoms with Crippen LogP contribution in [0.15, 0.2) is 41.2 Å². The minimum Gasteiger partial charge on any atom is -0.507 e. The van der Waals surface area contributed by atoms with E-state index in [1.165, 1.54) is 0 Å². The average Bonchev–Trinajstić information content (AvgIpc) is 2.72. The van der Waals surface area contributed by atoms with E-state index in [2.05, 4.69) is 4.90 Å². The molecule has 29 heavy (non-hydrogen) atoms. The fourth-order valence-corrected chi connectivity index (χ4v) is 4.27. The molecule has 1 saturated heterocycles. The second kappa shape index (κ2) is 9.27. The van der Waals surface area contributed by atoms with Gasteiger partial charge in [0.2, 0.25) is 0 Å². The Balaban J connectivity index is 1.99. The van der Waals surface area contributed by atoms with E-state index in [0.717, 1.165) is 11.3 Å². The van der Waals surface area contributed by atoms with Gasteiger partial charge in [-0.15, -0.1) is 0 Å². The fourth-order valence-electron chi connectivity index (χ4n) is 4.27. The number of aryl methyl sites for hydroxylation is 1. The SMILES string of the molecule is CCOC(=O)C1CCN([C@@H](c2ccccc2)c2c(O)cc(C)n(CC)c2=O)CC1. The third-order valence-electron chi connectivity index (χ3n) is 5.74. The molecule has 156 valence electrons. The van der Waals surface area contributed by atoms with E-state index in [9.17, 15) is 14.7 Å². The van der Waals surface area contributed by atoms with Crippen molar-refractivity contribution in [3.8, 4) is 5.75 Å². The topological polar surface area (TPSA) is 71.8 Å². The van der Waals surface area contributed by atoms with Crippen LogP contribution in [0.2, 0.25) is 0 Å². The molecule has 0 radical (unpaired) electrons. The molecule has 1 aliphatic rings. The molecule has 1 aromatic carbocycles. The molecule has 1 atom stereocenters. The lowest BCUT2D eigenvalue weighted by atomic mass is 9.91. The zero-order valence-electron chi connectivity index (χ0n) is 17.4. The Labute approximate surface area is 171 Å². The molecule has 0 aliphatic carbocycles. The lowest BCUT2D eigenvalue weighted by Gasteiger charge is -2.37. The molecular weight excluding hydrogens is 368 g/mol. The van der Waals surface area contributed by atoms with Gasteiger partial charge in [0.25, 0.3) is 5.56 Å². The molecule has 6 heteroatoms. The number of rotatable bonds is 6. The predicted octanol–water partition coefficient (Wildman–Crippen LogP) is 3.25. The van der Waals surface area contributed by atoms with Gasteiger partial charge in [0.15, 0.2) is 0 Å². The minimum absolute atomic E-state index is 0.0265. The number of carbonyl (C=O) groups excluding carboxylic acids is 1. The summed E-state index contributed by atoms with van der Waals surface area (Å²) in [7, 11) is 0. The highest BCUT2D eigenvalue weighted by Crippen LogP contribution is 2.35. The van der Waals surface area contributed by atoms with Gasteiger partial charge < -0.3 is 14.4 Å². The number of nitrogens with zero attached hydrogens (tertiary/aromatic N) is 2. The number of aromatic hydroxyl groups is 1. The van der Waals surface area contributed by atoms with E-state index in [1.807, 2.05) is 51.1 Å². The van der Waals surface area contributed by atoms with E-state index in [0.29, 0.717) is 44.6 Å². The van der Waals surface area contributed by atoms with Gasteiger partial charge in [-0.3, -0.25) is 14.5 Å². The third kappa shape index (κ3) is 4.37. The summed E-state index contributed by atoms with van der Waals surface area (Å²) < 4.78 is 6.87. The number of carbonyl (C=O) groups is 1. The molecule has 1 aliphatic heterocycles. The summed E-state index contributed by atoms with van der Waals surface area (Å²) in [6.45, 7) is 7.82. The van der Waals surface area contributed by atoms with E-state index in [1.54, 1.807) is 10.6 Å². The second-order valence-corrected chi connectivity index (χ2v) is 7.51. The Morgan fingerprint density at radius 3 is 2.45 bits per heavy atom. The van der Waals surface area contributed by atoms with Crippen LogP contribution >= 0.6 is 0 Å². The van der Waals surface area contributed by atoms with Crippen molar-refractivity contribution in [1.29, 1.82) is 0 Å². The van der Waals surface area contributed by atoms with E-state index >= 15 is 0 Å². The van der Waals surface area contributed by atoms with Crippen LogP contribution in [0.25, 0.3) is 0 Å². The maximum Gasteiger partial charge on any atom is 0.309 e. The standard InChI is InChI=1S/C23H30N2O4/c1-4-25-16(3)15-19(26)20(22(25)27)21(17-9-7-6-8-10-17)24-13-11-18(12-14-24)23(28)29-5-2/h6-10,15,18,21,26H,4-5,11-14H2,1-3H3/t21-/m0/s1. The molecule has 6 nitrogen and oxygen atoms in total. The van der Waals surface area contributed by atoms with E-state index in [-0.39, 0.29) is 29.2 Å². The summed E-state index contributed by atoms with van der Waals surface area (Å²) in [4.78, 5) is 27.6. The molecule has 0 unspecified atom stereocenters. The van der Waals surface area contributed by atoms with Crippen molar-refractivity contribution in [2.75, 3.05) is 19.7 Å². The molecule has 2 aromatic rings. The number of piperidine rings is 1. The molecular formula is C23H30N2O4. The van der Waals surface area contributed by atoms with Gasteiger partial charge in [-0.05, 0) is 58.3 Å². The van der Waals surface area contributed by atoms with E-state index < -0.39 is 0 Å². The van der Waals surface area contributed by atoms with Crippen LogP contribution in [0.3, 0.4) is 0 Å². The molecule has 1 aromatic heterocycles. The normalized spacial score (nSPS) is 16.5. The van der Waals surface area contributed by atoms with Gasteiger partial charge in [-0.2, -0.15) is 0 Å². The number of pyridine rings is 1. The number of hydrogen-bond acceptors (Lipinski definition) is 5. The number of aromatic nitrogens is 1. The van der Waals surface area contributed by atoms with Crippen LogP contribution < -0.4 is 5.56 Å². The van der Waals surface area contributed by atoms with Gasteiger partial charge in [0.05, 0.1) is 24.1 Å². The van der Waals surface area contributed by atoms with Crippen LogP contribution in [0.1, 0.15) is 49.6 Å². The Kier molecular flexibility index (Phi) is 6.75. The van der Waals surface area contributed by atoms with Crippen molar-refractivity contribution in [3.63, 3.8) is 0 Å². The first kappa shape index (κ1) is 21.1. The lowest BCUT2D eigenvalue weighted by molar-refractivity contribution is -0.149. The summed E-state index contributed by atoms with van der Waals surface area (Å²) in [5, 5.41) is 10.8. The first-order chi connectivity index (χ1) is 14.0. The lowest BCUT2D eigenvalue weighted by Crippen LogP contribution is -2.42. The van der Waals surface area contributed by atoms with Crippen LogP contribution in [0, 0.1) is 12.8 Å².